The number of hydrogen-bond donors (Lipinski definition) is 1. The summed E-state index contributed by atoms with van der Waals surface area (Å²) in [5.41, 5.74) is 0.465. The molecule has 2 N–H and O–H groups in total. The molecule has 2 heterocycles. The Hall–Kier alpha value is -2.10. The van der Waals surface area contributed by atoms with E-state index >= 15 is 0 Å². The van der Waals surface area contributed by atoms with Crippen LogP contribution in [0.25, 0.3) is 0 Å². The Morgan fingerprint density at radius 3 is 2.75 bits per heavy atom. The van der Waals surface area contributed by atoms with Crippen molar-refractivity contribution in [3.8, 4) is 0 Å². The maximum atomic E-state index is 13.4. The number of ether oxygens (including phenoxy) is 1. The Kier molecular flexibility index (Phi) is 4.48. The molecule has 1 fully saturated rings. The summed E-state index contributed by atoms with van der Waals surface area (Å²) >= 11 is 0. The van der Waals surface area contributed by atoms with Gasteiger partial charge in [-0.15, -0.1) is 0 Å². The van der Waals surface area contributed by atoms with Gasteiger partial charge in [0.05, 0.1) is 6.61 Å². The van der Waals surface area contributed by atoms with Crippen LogP contribution in [0.15, 0.2) is 41.4 Å². The van der Waals surface area contributed by atoms with E-state index in [0.29, 0.717) is 12.1 Å². The molecule has 6 nitrogen and oxygen atoms in total. The van der Waals surface area contributed by atoms with E-state index in [1.165, 1.54) is 24.4 Å². The van der Waals surface area contributed by atoms with Gasteiger partial charge in [0.25, 0.3) is 0 Å². The van der Waals surface area contributed by atoms with Crippen molar-refractivity contribution < 1.29 is 21.9 Å². The van der Waals surface area contributed by atoms with E-state index in [0.717, 1.165) is 12.1 Å². The predicted octanol–water partition coefficient (Wildman–Crippen LogP) is 1.59. The van der Waals surface area contributed by atoms with Gasteiger partial charge in [-0.25, -0.2) is 27.3 Å². The maximum absolute atomic E-state index is 13.4. The van der Waals surface area contributed by atoms with Crippen molar-refractivity contribution >= 4 is 15.8 Å². The number of primary sulfonamides is 1. The van der Waals surface area contributed by atoms with E-state index in [9.17, 15) is 17.2 Å². The number of nitrogens with zero attached hydrogens (tertiary/aromatic N) is 2. The number of rotatable bonds is 3. The molecule has 24 heavy (non-hydrogen) atoms. The van der Waals surface area contributed by atoms with Crippen LogP contribution in [0.3, 0.4) is 0 Å². The summed E-state index contributed by atoms with van der Waals surface area (Å²) in [7, 11) is -3.93. The second kappa shape index (κ2) is 6.42. The summed E-state index contributed by atoms with van der Waals surface area (Å²) in [6, 6.07) is 6.40. The molecule has 0 radical (unpaired) electrons. The normalized spacial score (nSPS) is 18.6. The van der Waals surface area contributed by atoms with Gasteiger partial charge >= 0.3 is 0 Å². The first-order valence-corrected chi connectivity index (χ1v) is 8.70. The quantitative estimate of drug-likeness (QED) is 0.904. The summed E-state index contributed by atoms with van der Waals surface area (Å²) in [4.78, 5) is 5.72. The predicted molar refractivity (Wildman–Crippen MR) is 82.9 cm³/mol. The number of pyridine rings is 1. The minimum Gasteiger partial charge on any atom is -0.370 e. The zero-order valence-corrected chi connectivity index (χ0v) is 13.3. The van der Waals surface area contributed by atoms with E-state index in [-0.39, 0.29) is 23.9 Å². The summed E-state index contributed by atoms with van der Waals surface area (Å²) in [6.07, 6.45) is 0.927. The van der Waals surface area contributed by atoms with Crippen molar-refractivity contribution in [3.63, 3.8) is 0 Å². The molecular weight excluding hydrogens is 340 g/mol. The number of nitrogens with two attached hydrogens (primary N) is 1. The van der Waals surface area contributed by atoms with Crippen molar-refractivity contribution in [1.29, 1.82) is 0 Å². The van der Waals surface area contributed by atoms with E-state index in [2.05, 4.69) is 4.98 Å². The average molecular weight is 355 g/mol. The van der Waals surface area contributed by atoms with Crippen molar-refractivity contribution in [1.82, 2.24) is 4.98 Å². The second-order valence-electron chi connectivity index (χ2n) is 5.35. The van der Waals surface area contributed by atoms with E-state index < -0.39 is 27.8 Å². The highest BCUT2D eigenvalue weighted by atomic mass is 32.2. The van der Waals surface area contributed by atoms with Gasteiger partial charge in [-0.1, -0.05) is 6.07 Å². The van der Waals surface area contributed by atoms with E-state index in [1.807, 2.05) is 0 Å². The average Bonchev–Trinajstić information content (AvgIpc) is 2.57. The van der Waals surface area contributed by atoms with Crippen LogP contribution in [0.4, 0.5) is 14.6 Å². The molecule has 1 atom stereocenters. The molecular formula is C15H15F2N3O3S. The molecule has 3 rings (SSSR count). The third-order valence-corrected chi connectivity index (χ3v) is 4.67. The lowest BCUT2D eigenvalue weighted by Crippen LogP contribution is -2.40. The van der Waals surface area contributed by atoms with Crippen LogP contribution in [-0.2, 0) is 14.8 Å². The molecule has 2 aromatic rings. The van der Waals surface area contributed by atoms with Crippen LogP contribution in [0.1, 0.15) is 11.7 Å². The molecule has 0 saturated carbocycles. The number of benzene rings is 1. The van der Waals surface area contributed by atoms with Crippen LogP contribution in [0, 0.1) is 11.6 Å². The monoisotopic (exact) mass is 355 g/mol. The third-order valence-electron chi connectivity index (χ3n) is 3.74. The van der Waals surface area contributed by atoms with Crippen LogP contribution in [-0.4, -0.2) is 33.1 Å². The fourth-order valence-electron chi connectivity index (χ4n) is 2.60. The van der Waals surface area contributed by atoms with Gasteiger partial charge in [0.15, 0.2) is 11.6 Å². The van der Waals surface area contributed by atoms with E-state index in [4.69, 9.17) is 9.88 Å². The van der Waals surface area contributed by atoms with Crippen molar-refractivity contribution in [2.24, 2.45) is 5.14 Å². The van der Waals surface area contributed by atoms with Crippen molar-refractivity contribution in [2.45, 2.75) is 11.0 Å². The van der Waals surface area contributed by atoms with Crippen LogP contribution in [0.2, 0.25) is 0 Å². The van der Waals surface area contributed by atoms with Crippen LogP contribution < -0.4 is 10.0 Å². The third kappa shape index (κ3) is 3.37. The minimum absolute atomic E-state index is 0.0871. The molecule has 1 saturated heterocycles. The van der Waals surface area contributed by atoms with Gasteiger partial charge in [-0.3, -0.25) is 0 Å². The van der Waals surface area contributed by atoms with Gasteiger partial charge in [0.2, 0.25) is 10.0 Å². The lowest BCUT2D eigenvalue weighted by atomic mass is 10.1. The SMILES string of the molecule is NS(=O)(=O)c1cccnc1N1CCO[C@@H](c2ccc(F)c(F)c2)C1. The number of anilines is 1. The summed E-state index contributed by atoms with van der Waals surface area (Å²) in [6.45, 7) is 0.925. The highest BCUT2D eigenvalue weighted by molar-refractivity contribution is 7.89. The summed E-state index contributed by atoms with van der Waals surface area (Å²) in [5, 5.41) is 5.23. The molecule has 0 aliphatic carbocycles. The molecule has 0 unspecified atom stereocenters. The molecule has 1 aromatic heterocycles. The maximum Gasteiger partial charge on any atom is 0.241 e. The highest BCUT2D eigenvalue weighted by Gasteiger charge is 2.27. The lowest BCUT2D eigenvalue weighted by molar-refractivity contribution is 0.0391. The van der Waals surface area contributed by atoms with Crippen molar-refractivity contribution in [3.05, 3.63) is 53.7 Å². The van der Waals surface area contributed by atoms with E-state index in [1.54, 1.807) is 4.90 Å². The molecule has 128 valence electrons. The Morgan fingerprint density at radius 1 is 1.25 bits per heavy atom. The molecule has 1 aliphatic heterocycles. The zero-order valence-electron chi connectivity index (χ0n) is 12.5. The molecule has 1 aromatic carbocycles. The van der Waals surface area contributed by atoms with Crippen molar-refractivity contribution in [2.75, 3.05) is 24.6 Å². The number of sulfonamides is 1. The van der Waals surface area contributed by atoms with Crippen LogP contribution in [0.5, 0.6) is 0 Å². The second-order valence-corrected chi connectivity index (χ2v) is 6.88. The Labute approximate surface area is 137 Å². The molecule has 9 heteroatoms. The lowest BCUT2D eigenvalue weighted by Gasteiger charge is -2.34. The first kappa shape index (κ1) is 16.7. The van der Waals surface area contributed by atoms with Gasteiger partial charge in [0, 0.05) is 19.3 Å². The number of halogens is 2. The zero-order chi connectivity index (χ0) is 17.3. The van der Waals surface area contributed by atoms with Gasteiger partial charge in [-0.2, -0.15) is 0 Å². The molecule has 0 spiro atoms. The minimum atomic E-state index is -3.93. The summed E-state index contributed by atoms with van der Waals surface area (Å²) in [5.74, 6) is -1.68. The topological polar surface area (TPSA) is 85.5 Å². The van der Waals surface area contributed by atoms with Gasteiger partial charge in [-0.05, 0) is 29.8 Å². The first-order valence-electron chi connectivity index (χ1n) is 7.15. The molecule has 1 aliphatic rings. The number of aromatic nitrogens is 1. The molecule has 0 amide bonds. The Morgan fingerprint density at radius 2 is 2.04 bits per heavy atom. The molecule has 0 bridgehead atoms. The summed E-state index contributed by atoms with van der Waals surface area (Å²) < 4.78 is 55.5. The smallest absolute Gasteiger partial charge is 0.241 e. The largest absolute Gasteiger partial charge is 0.370 e. The first-order chi connectivity index (χ1) is 11.4. The Bertz CT molecular complexity index is 861. The number of morpholine rings is 1. The fraction of sp³-hybridized carbons (Fsp3) is 0.267. The standard InChI is InChI=1S/C15H15F2N3O3S/c16-11-4-3-10(8-12(11)17)13-9-20(6-7-23-13)15-14(24(18,21)22)2-1-5-19-15/h1-5,8,13H,6-7,9H2,(H2,18,21,22)/t13-/m1/s1. The Balaban J connectivity index is 1.90. The highest BCUT2D eigenvalue weighted by Crippen LogP contribution is 2.29. The van der Waals surface area contributed by atoms with Gasteiger partial charge < -0.3 is 9.64 Å². The number of hydrogen-bond acceptors (Lipinski definition) is 5. The van der Waals surface area contributed by atoms with Gasteiger partial charge in [0.1, 0.15) is 16.8 Å². The fourth-order valence-corrected chi connectivity index (χ4v) is 3.30. The van der Waals surface area contributed by atoms with Crippen LogP contribution >= 0.6 is 0 Å².